The van der Waals surface area contributed by atoms with E-state index in [4.69, 9.17) is 17.0 Å². The molecule has 0 bridgehead atoms. The van der Waals surface area contributed by atoms with Crippen molar-refractivity contribution in [1.29, 1.82) is 0 Å². The fraction of sp³-hybridized carbons (Fsp3) is 0.250. The van der Waals surface area contributed by atoms with Gasteiger partial charge in [0.15, 0.2) is 0 Å². The molecule has 0 spiro atoms. The Morgan fingerprint density at radius 2 is 1.02 bits per heavy atom. The number of hydrogen-bond donors (Lipinski definition) is 0. The first-order valence-electron chi connectivity index (χ1n) is 21.7. The Kier molecular flexibility index (Phi) is 17.4. The molecular formula is C56H57Cl2SiZr-3. The third kappa shape index (κ3) is 11.0. The first-order chi connectivity index (χ1) is 29.3. The maximum Gasteiger partial charge on any atom is 0.0920 e. The van der Waals surface area contributed by atoms with Crippen LogP contribution in [0.15, 0.2) is 152 Å². The Balaban J connectivity index is 0.000000150. The Hall–Kier alpha value is -3.78. The SMILES string of the molecule is CCCc1ccc2[cH-]c(C(C)CC)cc2c1-c1ccccc1.CCCc1ccc2[cH-]c(C(C)CC)cc2c1-c1ccccc1.[Cl][Zr][Cl].[c-]1cccc2c1[Si]c1ccccc1-2. The Bertz CT molecular complexity index is 2370. The molecule has 8 aromatic carbocycles. The van der Waals surface area contributed by atoms with Crippen molar-refractivity contribution in [2.75, 3.05) is 0 Å². The molecule has 0 aromatic heterocycles. The van der Waals surface area contributed by atoms with E-state index in [9.17, 15) is 0 Å². The maximum absolute atomic E-state index is 4.93. The van der Waals surface area contributed by atoms with Gasteiger partial charge in [-0.05, 0) is 35.8 Å². The van der Waals surface area contributed by atoms with E-state index in [1.165, 1.54) is 113 Å². The van der Waals surface area contributed by atoms with Crippen molar-refractivity contribution in [3.63, 3.8) is 0 Å². The van der Waals surface area contributed by atoms with Crippen LogP contribution in [0.1, 0.15) is 101 Å². The third-order valence-corrected chi connectivity index (χ3v) is 13.2. The van der Waals surface area contributed by atoms with Crippen LogP contribution >= 0.6 is 17.0 Å². The Morgan fingerprint density at radius 1 is 0.567 bits per heavy atom. The summed E-state index contributed by atoms with van der Waals surface area (Å²) in [4.78, 5) is 0. The maximum atomic E-state index is 4.93. The van der Waals surface area contributed by atoms with E-state index >= 15 is 0 Å². The van der Waals surface area contributed by atoms with Gasteiger partial charge in [-0.3, -0.25) is 0 Å². The number of hydrogen-bond acceptors (Lipinski definition) is 0. The fourth-order valence-corrected chi connectivity index (χ4v) is 9.62. The van der Waals surface area contributed by atoms with Crippen molar-refractivity contribution >= 4 is 58.5 Å². The van der Waals surface area contributed by atoms with Gasteiger partial charge in [-0.2, -0.15) is 41.6 Å². The smallest absolute Gasteiger partial charge is 0.0920 e. The van der Waals surface area contributed by atoms with Crippen LogP contribution < -0.4 is 10.4 Å². The van der Waals surface area contributed by atoms with Crippen LogP contribution in [-0.4, -0.2) is 9.52 Å². The molecule has 2 atom stereocenters. The first kappa shape index (κ1) is 45.7. The van der Waals surface area contributed by atoms with E-state index < -0.39 is 20.8 Å². The van der Waals surface area contributed by atoms with Crippen molar-refractivity contribution in [3.05, 3.63) is 180 Å². The average Bonchev–Trinajstić information content (AvgIpc) is 4.03. The second-order valence-electron chi connectivity index (χ2n) is 15.8. The normalized spacial score (nSPS) is 12.2. The van der Waals surface area contributed by atoms with E-state index in [2.05, 4.69) is 193 Å². The summed E-state index contributed by atoms with van der Waals surface area (Å²) >= 11 is -0.826. The van der Waals surface area contributed by atoms with E-state index in [-0.39, 0.29) is 0 Å². The number of aryl methyl sites for hydroxylation is 2. The molecular weight excluding hydrogens is 863 g/mol. The molecule has 0 nitrogen and oxygen atoms in total. The van der Waals surface area contributed by atoms with E-state index in [0.717, 1.165) is 22.4 Å². The molecule has 2 radical (unpaired) electrons. The molecule has 4 heteroatoms. The van der Waals surface area contributed by atoms with Crippen molar-refractivity contribution in [1.82, 2.24) is 0 Å². The summed E-state index contributed by atoms with van der Waals surface area (Å²) in [6.45, 7) is 13.7. The van der Waals surface area contributed by atoms with E-state index in [0.29, 0.717) is 11.8 Å². The molecule has 0 saturated heterocycles. The second-order valence-corrected chi connectivity index (χ2v) is 20.9. The molecule has 0 fully saturated rings. The van der Waals surface area contributed by atoms with Gasteiger partial charge in [0, 0.05) is 0 Å². The van der Waals surface area contributed by atoms with Crippen LogP contribution in [0.5, 0.6) is 0 Å². The van der Waals surface area contributed by atoms with Crippen LogP contribution in [0.3, 0.4) is 0 Å². The van der Waals surface area contributed by atoms with Gasteiger partial charge in [-0.25, -0.2) is 0 Å². The number of rotatable bonds is 10. The van der Waals surface area contributed by atoms with Crippen molar-refractivity contribution < 1.29 is 20.8 Å². The largest absolute Gasteiger partial charge is 0.184 e. The molecule has 0 saturated carbocycles. The molecule has 9 rings (SSSR count). The molecule has 1 aliphatic heterocycles. The number of fused-ring (bicyclic) bond motifs is 5. The summed E-state index contributed by atoms with van der Waals surface area (Å²) in [7, 11) is 10.7. The van der Waals surface area contributed by atoms with Crippen molar-refractivity contribution in [2.24, 2.45) is 0 Å². The van der Waals surface area contributed by atoms with Crippen LogP contribution in [-0.2, 0) is 33.7 Å². The molecule has 0 N–H and O–H groups in total. The van der Waals surface area contributed by atoms with Gasteiger partial charge in [0.25, 0.3) is 0 Å². The van der Waals surface area contributed by atoms with Gasteiger partial charge in [0.05, 0.1) is 9.52 Å². The zero-order chi connectivity index (χ0) is 42.4. The summed E-state index contributed by atoms with van der Waals surface area (Å²) in [6.07, 6.45) is 7.04. The van der Waals surface area contributed by atoms with Gasteiger partial charge in [0.1, 0.15) is 0 Å². The monoisotopic (exact) mass is 917 g/mol. The molecule has 60 heavy (non-hydrogen) atoms. The molecule has 1 heterocycles. The van der Waals surface area contributed by atoms with Gasteiger partial charge >= 0.3 is 37.9 Å². The standard InChI is InChI=1S/2C22H25.C12H7Si.2ClH.Zr/c2*1-4-9-17-12-13-19-14-20(16(3)5-2)15-21(19)22(17)18-10-7-6-8-11-18;1-3-7-11-9(5-1)10-6-2-4-8-12(10)13-11;;;/h2*6-8,10-16H,4-5,9H2,1-3H3;1-7H;2*1H;/q3*-1;;;+2/p-2. The van der Waals surface area contributed by atoms with Crippen molar-refractivity contribution in [3.8, 4) is 33.4 Å². The number of benzene rings is 6. The molecule has 2 unspecified atom stereocenters. The zero-order valence-electron chi connectivity index (χ0n) is 36.1. The Labute approximate surface area is 381 Å². The van der Waals surface area contributed by atoms with Crippen molar-refractivity contribution in [2.45, 2.75) is 91.9 Å². The Morgan fingerprint density at radius 3 is 1.48 bits per heavy atom. The number of halogens is 2. The van der Waals surface area contributed by atoms with Gasteiger partial charge in [-0.1, -0.05) is 185 Å². The second kappa shape index (κ2) is 22.9. The van der Waals surface area contributed by atoms with E-state index in [1.54, 1.807) is 0 Å². The molecule has 0 amide bonds. The first-order valence-corrected chi connectivity index (χ1v) is 29.1. The van der Waals surface area contributed by atoms with Crippen LogP contribution in [0.4, 0.5) is 0 Å². The molecule has 0 aliphatic carbocycles. The third-order valence-electron chi connectivity index (χ3n) is 11.9. The summed E-state index contributed by atoms with van der Waals surface area (Å²) in [5.74, 6) is 1.26. The molecule has 306 valence electrons. The van der Waals surface area contributed by atoms with Crippen LogP contribution in [0.25, 0.3) is 54.9 Å². The van der Waals surface area contributed by atoms with Crippen LogP contribution in [0, 0.1) is 6.07 Å². The predicted molar refractivity (Wildman–Crippen MR) is 263 cm³/mol. The minimum atomic E-state index is -0.826. The summed E-state index contributed by atoms with van der Waals surface area (Å²) in [5.41, 5.74) is 14.2. The summed E-state index contributed by atoms with van der Waals surface area (Å²) in [6, 6.07) is 58.8. The zero-order valence-corrected chi connectivity index (χ0v) is 41.1. The molecule has 1 aliphatic rings. The molecule has 8 aromatic rings. The quantitative estimate of drug-likeness (QED) is 0.0947. The van der Waals surface area contributed by atoms with Crippen LogP contribution in [0.2, 0.25) is 0 Å². The summed E-state index contributed by atoms with van der Waals surface area (Å²) < 4.78 is 0. The summed E-state index contributed by atoms with van der Waals surface area (Å²) in [5, 5.41) is 8.44. The van der Waals surface area contributed by atoms with Gasteiger partial charge in [0.2, 0.25) is 0 Å². The fourth-order valence-electron chi connectivity index (χ4n) is 8.31. The minimum absolute atomic E-state index is 0.630. The average molecular weight is 920 g/mol. The topological polar surface area (TPSA) is 0 Å². The predicted octanol–water partition coefficient (Wildman–Crippen LogP) is 15.9. The van der Waals surface area contributed by atoms with Gasteiger partial charge in [-0.15, -0.1) is 74.6 Å². The van der Waals surface area contributed by atoms with Gasteiger partial charge < -0.3 is 0 Å². The minimum Gasteiger partial charge on any atom is -0.184 e. The van der Waals surface area contributed by atoms with E-state index in [1.807, 2.05) is 6.07 Å².